The van der Waals surface area contributed by atoms with Crippen LogP contribution in [0.1, 0.15) is 30.9 Å². The van der Waals surface area contributed by atoms with Crippen molar-refractivity contribution in [1.82, 2.24) is 0 Å². The highest BCUT2D eigenvalue weighted by Crippen LogP contribution is 2.16. The first kappa shape index (κ1) is 12.8. The third-order valence-corrected chi connectivity index (χ3v) is 3.21. The number of anilines is 1. The molecule has 0 spiro atoms. The topological polar surface area (TPSA) is 12.0 Å². The third kappa shape index (κ3) is 3.17. The Kier molecular flexibility index (Phi) is 4.11. The lowest BCUT2D eigenvalue weighted by Crippen LogP contribution is -2.10. The van der Waals surface area contributed by atoms with Gasteiger partial charge in [0, 0.05) is 11.3 Å². The minimum Gasteiger partial charge on any atom is -0.346 e. The van der Waals surface area contributed by atoms with Gasteiger partial charge in [-0.3, -0.25) is 0 Å². The van der Waals surface area contributed by atoms with Crippen molar-refractivity contribution in [3.63, 3.8) is 0 Å². The SMILES string of the molecule is CC(C)c1ccc(C(=S)Nc2ccccc2)cc1. The highest BCUT2D eigenvalue weighted by Gasteiger charge is 2.03. The summed E-state index contributed by atoms with van der Waals surface area (Å²) in [6, 6.07) is 18.4. The molecule has 0 heterocycles. The second-order valence-electron chi connectivity index (χ2n) is 4.60. The molecule has 92 valence electrons. The van der Waals surface area contributed by atoms with E-state index in [4.69, 9.17) is 12.2 Å². The van der Waals surface area contributed by atoms with Crippen LogP contribution in [0.5, 0.6) is 0 Å². The van der Waals surface area contributed by atoms with E-state index in [1.165, 1.54) is 5.56 Å². The zero-order valence-electron chi connectivity index (χ0n) is 10.7. The summed E-state index contributed by atoms with van der Waals surface area (Å²) in [5.74, 6) is 0.551. The van der Waals surface area contributed by atoms with Crippen molar-refractivity contribution in [3.05, 3.63) is 65.7 Å². The van der Waals surface area contributed by atoms with Crippen LogP contribution in [0.15, 0.2) is 54.6 Å². The van der Waals surface area contributed by atoms with Crippen LogP contribution in [-0.4, -0.2) is 4.99 Å². The monoisotopic (exact) mass is 255 g/mol. The quantitative estimate of drug-likeness (QED) is 0.805. The molecule has 0 unspecified atom stereocenters. The van der Waals surface area contributed by atoms with E-state index < -0.39 is 0 Å². The Balaban J connectivity index is 2.10. The summed E-state index contributed by atoms with van der Waals surface area (Å²) >= 11 is 5.40. The molecule has 0 fully saturated rings. The van der Waals surface area contributed by atoms with Crippen molar-refractivity contribution in [1.29, 1.82) is 0 Å². The molecule has 0 bridgehead atoms. The van der Waals surface area contributed by atoms with Gasteiger partial charge in [0.25, 0.3) is 0 Å². The second kappa shape index (κ2) is 5.78. The standard InChI is InChI=1S/C16H17NS/c1-12(2)13-8-10-14(11-9-13)16(18)17-15-6-4-3-5-7-15/h3-12H,1-2H3,(H,17,18). The number of hydrogen-bond donors (Lipinski definition) is 1. The van der Waals surface area contributed by atoms with Crippen molar-refractivity contribution in [2.24, 2.45) is 0 Å². The normalized spacial score (nSPS) is 10.4. The first-order chi connectivity index (χ1) is 8.66. The van der Waals surface area contributed by atoms with Crippen LogP contribution in [-0.2, 0) is 0 Å². The average molecular weight is 255 g/mol. The number of thiocarbonyl (C=S) groups is 1. The van der Waals surface area contributed by atoms with Crippen LogP contribution in [0.2, 0.25) is 0 Å². The van der Waals surface area contributed by atoms with E-state index in [9.17, 15) is 0 Å². The first-order valence-electron chi connectivity index (χ1n) is 6.13. The molecule has 18 heavy (non-hydrogen) atoms. The molecule has 0 saturated carbocycles. The Morgan fingerprint density at radius 2 is 1.56 bits per heavy atom. The lowest BCUT2D eigenvalue weighted by atomic mass is 10.0. The molecule has 0 radical (unpaired) electrons. The Morgan fingerprint density at radius 1 is 0.944 bits per heavy atom. The van der Waals surface area contributed by atoms with Gasteiger partial charge in [0.2, 0.25) is 0 Å². The van der Waals surface area contributed by atoms with Crippen molar-refractivity contribution in [2.75, 3.05) is 5.32 Å². The number of rotatable bonds is 3. The molecular formula is C16H17NS. The summed E-state index contributed by atoms with van der Waals surface area (Å²) < 4.78 is 0. The predicted molar refractivity (Wildman–Crippen MR) is 82.3 cm³/mol. The van der Waals surface area contributed by atoms with E-state index in [1.54, 1.807) is 0 Å². The molecule has 2 heteroatoms. The van der Waals surface area contributed by atoms with Gasteiger partial charge in [-0.1, -0.05) is 68.5 Å². The molecule has 0 aliphatic carbocycles. The van der Waals surface area contributed by atoms with Gasteiger partial charge < -0.3 is 5.32 Å². The molecule has 0 saturated heterocycles. The molecule has 2 rings (SSSR count). The summed E-state index contributed by atoms with van der Waals surface area (Å²) in [6.07, 6.45) is 0. The fourth-order valence-corrected chi connectivity index (χ4v) is 2.00. The molecule has 0 amide bonds. The minimum absolute atomic E-state index is 0.551. The molecule has 2 aromatic carbocycles. The third-order valence-electron chi connectivity index (χ3n) is 2.87. The summed E-state index contributed by atoms with van der Waals surface area (Å²) in [4.78, 5) is 0.761. The molecule has 0 atom stereocenters. The zero-order valence-corrected chi connectivity index (χ0v) is 11.5. The van der Waals surface area contributed by atoms with Crippen LogP contribution in [0, 0.1) is 0 Å². The van der Waals surface area contributed by atoms with E-state index in [0.717, 1.165) is 16.2 Å². The smallest absolute Gasteiger partial charge is 0.110 e. The van der Waals surface area contributed by atoms with Gasteiger partial charge in [-0.25, -0.2) is 0 Å². The van der Waals surface area contributed by atoms with Crippen LogP contribution in [0.25, 0.3) is 0 Å². The molecule has 0 aliphatic heterocycles. The fraction of sp³-hybridized carbons (Fsp3) is 0.188. The Bertz CT molecular complexity index is 515. The van der Waals surface area contributed by atoms with Crippen molar-refractivity contribution in [2.45, 2.75) is 19.8 Å². The van der Waals surface area contributed by atoms with Crippen LogP contribution >= 0.6 is 12.2 Å². The van der Waals surface area contributed by atoms with E-state index in [-0.39, 0.29) is 0 Å². The minimum atomic E-state index is 0.551. The highest BCUT2D eigenvalue weighted by molar-refractivity contribution is 7.81. The zero-order chi connectivity index (χ0) is 13.0. The molecule has 0 aromatic heterocycles. The number of hydrogen-bond acceptors (Lipinski definition) is 1. The second-order valence-corrected chi connectivity index (χ2v) is 5.01. The Morgan fingerprint density at radius 3 is 2.11 bits per heavy atom. The molecule has 2 aromatic rings. The Hall–Kier alpha value is -1.67. The van der Waals surface area contributed by atoms with E-state index in [2.05, 4.69) is 43.4 Å². The number of benzene rings is 2. The van der Waals surface area contributed by atoms with E-state index in [0.29, 0.717) is 5.92 Å². The maximum atomic E-state index is 5.40. The summed E-state index contributed by atoms with van der Waals surface area (Å²) in [5.41, 5.74) is 3.41. The maximum absolute atomic E-state index is 5.40. The van der Waals surface area contributed by atoms with Gasteiger partial charge in [-0.15, -0.1) is 0 Å². The van der Waals surface area contributed by atoms with E-state index in [1.807, 2.05) is 30.3 Å². The largest absolute Gasteiger partial charge is 0.346 e. The van der Waals surface area contributed by atoms with Gasteiger partial charge in [-0.05, 0) is 23.6 Å². The van der Waals surface area contributed by atoms with Gasteiger partial charge in [0.05, 0.1) is 0 Å². The van der Waals surface area contributed by atoms with E-state index >= 15 is 0 Å². The lowest BCUT2D eigenvalue weighted by molar-refractivity contribution is 0.866. The number of para-hydroxylation sites is 1. The van der Waals surface area contributed by atoms with Gasteiger partial charge >= 0.3 is 0 Å². The molecule has 1 nitrogen and oxygen atoms in total. The summed E-state index contributed by atoms with van der Waals surface area (Å²) in [5, 5.41) is 3.24. The number of nitrogens with one attached hydrogen (secondary N) is 1. The van der Waals surface area contributed by atoms with Gasteiger partial charge in [-0.2, -0.15) is 0 Å². The fourth-order valence-electron chi connectivity index (χ4n) is 1.74. The van der Waals surface area contributed by atoms with Gasteiger partial charge in [0.1, 0.15) is 4.99 Å². The maximum Gasteiger partial charge on any atom is 0.110 e. The summed E-state index contributed by atoms with van der Waals surface area (Å²) in [7, 11) is 0. The average Bonchev–Trinajstić information content (AvgIpc) is 2.40. The van der Waals surface area contributed by atoms with Crippen molar-refractivity contribution in [3.8, 4) is 0 Å². The van der Waals surface area contributed by atoms with Crippen LogP contribution in [0.4, 0.5) is 5.69 Å². The van der Waals surface area contributed by atoms with Crippen LogP contribution < -0.4 is 5.32 Å². The van der Waals surface area contributed by atoms with Crippen LogP contribution in [0.3, 0.4) is 0 Å². The molecular weight excluding hydrogens is 238 g/mol. The highest BCUT2D eigenvalue weighted by atomic mass is 32.1. The summed E-state index contributed by atoms with van der Waals surface area (Å²) in [6.45, 7) is 4.38. The first-order valence-corrected chi connectivity index (χ1v) is 6.54. The van der Waals surface area contributed by atoms with Crippen molar-refractivity contribution >= 4 is 22.9 Å². The van der Waals surface area contributed by atoms with Gasteiger partial charge in [0.15, 0.2) is 0 Å². The lowest BCUT2D eigenvalue weighted by Gasteiger charge is -2.10. The molecule has 1 N–H and O–H groups in total. The molecule has 0 aliphatic rings. The predicted octanol–water partition coefficient (Wildman–Crippen LogP) is 4.60. The van der Waals surface area contributed by atoms with Crippen molar-refractivity contribution < 1.29 is 0 Å². The Labute approximate surface area is 114 Å².